The number of carbonyl (C=O) groups is 1. The SMILES string of the molecule is O=C(C(c1ccccc1)n1cnc2[nH][nH]c(=O)c2c1=S)N1CCN(c2ccccc2)CC1. The number of H-pyrrole nitrogens is 2. The molecule has 2 aromatic heterocycles. The molecule has 0 spiro atoms. The lowest BCUT2D eigenvalue weighted by Crippen LogP contribution is -2.50. The predicted molar refractivity (Wildman–Crippen MR) is 125 cm³/mol. The Morgan fingerprint density at radius 1 is 0.938 bits per heavy atom. The molecule has 1 unspecified atom stereocenters. The number of amides is 1. The minimum atomic E-state index is -0.696. The summed E-state index contributed by atoms with van der Waals surface area (Å²) in [5, 5.41) is 5.51. The maximum Gasteiger partial charge on any atom is 0.276 e. The van der Waals surface area contributed by atoms with Crippen molar-refractivity contribution >= 4 is 34.8 Å². The maximum absolute atomic E-state index is 13.8. The van der Waals surface area contributed by atoms with Crippen molar-refractivity contribution in [2.75, 3.05) is 31.1 Å². The van der Waals surface area contributed by atoms with Crippen LogP contribution in [0, 0.1) is 4.64 Å². The van der Waals surface area contributed by atoms with Crippen molar-refractivity contribution in [3.8, 4) is 0 Å². The first-order chi connectivity index (χ1) is 15.6. The zero-order valence-corrected chi connectivity index (χ0v) is 18.1. The molecule has 0 radical (unpaired) electrons. The highest BCUT2D eigenvalue weighted by Gasteiger charge is 2.30. The quantitative estimate of drug-likeness (QED) is 0.471. The Hall–Kier alpha value is -3.72. The van der Waals surface area contributed by atoms with Gasteiger partial charge in [-0.2, -0.15) is 0 Å². The first kappa shape index (κ1) is 20.2. The highest BCUT2D eigenvalue weighted by Crippen LogP contribution is 2.24. The third-order valence-electron chi connectivity index (χ3n) is 5.86. The van der Waals surface area contributed by atoms with E-state index >= 15 is 0 Å². The smallest absolute Gasteiger partial charge is 0.276 e. The summed E-state index contributed by atoms with van der Waals surface area (Å²) in [5.41, 5.74) is 1.99. The molecule has 0 saturated carbocycles. The van der Waals surface area contributed by atoms with Gasteiger partial charge in [-0.1, -0.05) is 60.7 Å². The van der Waals surface area contributed by atoms with Crippen LogP contribution in [0.4, 0.5) is 5.69 Å². The van der Waals surface area contributed by atoms with Crippen LogP contribution < -0.4 is 10.5 Å². The highest BCUT2D eigenvalue weighted by molar-refractivity contribution is 7.71. The molecule has 8 nitrogen and oxygen atoms in total. The second-order valence-electron chi connectivity index (χ2n) is 7.72. The normalized spacial score (nSPS) is 15.1. The molecule has 162 valence electrons. The van der Waals surface area contributed by atoms with E-state index in [2.05, 4.69) is 32.2 Å². The van der Waals surface area contributed by atoms with Crippen molar-refractivity contribution in [3.63, 3.8) is 0 Å². The average molecular weight is 447 g/mol. The number of nitrogens with zero attached hydrogens (tertiary/aromatic N) is 4. The van der Waals surface area contributed by atoms with E-state index in [1.807, 2.05) is 53.4 Å². The molecular weight excluding hydrogens is 424 g/mol. The van der Waals surface area contributed by atoms with Crippen molar-refractivity contribution in [2.24, 2.45) is 0 Å². The van der Waals surface area contributed by atoms with Gasteiger partial charge in [-0.25, -0.2) is 4.98 Å². The van der Waals surface area contributed by atoms with Crippen LogP contribution in [0.5, 0.6) is 0 Å². The summed E-state index contributed by atoms with van der Waals surface area (Å²) in [6, 6.07) is 19.0. The second-order valence-corrected chi connectivity index (χ2v) is 8.11. The number of fused-ring (bicyclic) bond motifs is 1. The van der Waals surface area contributed by atoms with E-state index in [1.165, 1.54) is 6.33 Å². The lowest BCUT2D eigenvalue weighted by Gasteiger charge is -2.38. The van der Waals surface area contributed by atoms with E-state index in [4.69, 9.17) is 12.2 Å². The lowest BCUT2D eigenvalue weighted by atomic mass is 10.0. The predicted octanol–water partition coefficient (Wildman–Crippen LogP) is 2.72. The largest absolute Gasteiger partial charge is 0.368 e. The monoisotopic (exact) mass is 446 g/mol. The standard InChI is InChI=1S/C23H22N6O2S/c30-21-18-20(25-26-21)24-15-29(23(18)32)19(16-7-3-1-4-8-16)22(31)28-13-11-27(12-14-28)17-9-5-2-6-10-17/h1-10,15,19H,11-14H2,(H2,25,26,30). The Balaban J connectivity index is 1.48. The number of aromatic amines is 2. The molecule has 2 N–H and O–H groups in total. The van der Waals surface area contributed by atoms with Gasteiger partial charge < -0.3 is 14.4 Å². The molecule has 1 aliphatic rings. The van der Waals surface area contributed by atoms with Gasteiger partial charge in [0.15, 0.2) is 5.65 Å². The molecule has 1 amide bonds. The summed E-state index contributed by atoms with van der Waals surface area (Å²) in [5.74, 6) is -0.0619. The summed E-state index contributed by atoms with van der Waals surface area (Å²) in [7, 11) is 0. The summed E-state index contributed by atoms with van der Waals surface area (Å²) in [4.78, 5) is 34.5. The molecule has 1 aliphatic heterocycles. The molecule has 0 bridgehead atoms. The number of carbonyl (C=O) groups excluding carboxylic acids is 1. The molecule has 1 fully saturated rings. The van der Waals surface area contributed by atoms with Crippen molar-refractivity contribution in [2.45, 2.75) is 6.04 Å². The Labute approximate surface area is 189 Å². The van der Waals surface area contributed by atoms with Crippen LogP contribution in [0.25, 0.3) is 11.0 Å². The van der Waals surface area contributed by atoms with Gasteiger partial charge in [-0.15, -0.1) is 0 Å². The van der Waals surface area contributed by atoms with Gasteiger partial charge in [0, 0.05) is 31.9 Å². The van der Waals surface area contributed by atoms with Crippen LogP contribution in [0.15, 0.2) is 71.8 Å². The van der Waals surface area contributed by atoms with E-state index < -0.39 is 6.04 Å². The summed E-state index contributed by atoms with van der Waals surface area (Å²) < 4.78 is 1.91. The molecule has 3 heterocycles. The molecule has 2 aromatic carbocycles. The van der Waals surface area contributed by atoms with Gasteiger partial charge in [0.25, 0.3) is 5.56 Å². The van der Waals surface area contributed by atoms with E-state index in [0.717, 1.165) is 24.3 Å². The van der Waals surface area contributed by atoms with E-state index in [1.54, 1.807) is 4.57 Å². The minimum absolute atomic E-state index is 0.0619. The fraction of sp³-hybridized carbons (Fsp3) is 0.217. The van der Waals surface area contributed by atoms with Gasteiger partial charge >= 0.3 is 0 Å². The number of hydrogen-bond acceptors (Lipinski definition) is 5. The molecule has 4 aromatic rings. The number of aromatic nitrogens is 4. The van der Waals surface area contributed by atoms with Gasteiger partial charge in [0.2, 0.25) is 5.91 Å². The Morgan fingerprint density at radius 2 is 1.59 bits per heavy atom. The van der Waals surface area contributed by atoms with Gasteiger partial charge in [-0.3, -0.25) is 19.8 Å². The molecule has 1 saturated heterocycles. The molecule has 9 heteroatoms. The minimum Gasteiger partial charge on any atom is -0.368 e. The molecule has 5 rings (SSSR count). The van der Waals surface area contributed by atoms with Crippen LogP contribution in [0.2, 0.25) is 0 Å². The zero-order chi connectivity index (χ0) is 22.1. The zero-order valence-electron chi connectivity index (χ0n) is 17.3. The second kappa shape index (κ2) is 8.43. The number of hydrogen-bond donors (Lipinski definition) is 2. The number of nitrogens with one attached hydrogen (secondary N) is 2. The van der Waals surface area contributed by atoms with Crippen LogP contribution in [0.3, 0.4) is 0 Å². The third-order valence-corrected chi connectivity index (χ3v) is 6.27. The number of benzene rings is 2. The van der Waals surface area contributed by atoms with E-state index in [9.17, 15) is 9.59 Å². The summed E-state index contributed by atoms with van der Waals surface area (Å²) >= 11 is 5.62. The lowest BCUT2D eigenvalue weighted by molar-refractivity contribution is -0.133. The fourth-order valence-corrected chi connectivity index (χ4v) is 4.53. The molecule has 32 heavy (non-hydrogen) atoms. The Bertz CT molecular complexity index is 1350. The van der Waals surface area contributed by atoms with Crippen molar-refractivity contribution in [1.82, 2.24) is 24.6 Å². The topological polar surface area (TPSA) is 90.0 Å². The number of para-hydroxylation sites is 1. The Kier molecular flexibility index (Phi) is 5.32. The number of rotatable bonds is 4. The molecule has 1 atom stereocenters. The summed E-state index contributed by atoms with van der Waals surface area (Å²) in [6.45, 7) is 2.70. The van der Waals surface area contributed by atoms with Crippen molar-refractivity contribution in [3.05, 3.63) is 87.5 Å². The van der Waals surface area contributed by atoms with Crippen molar-refractivity contribution in [1.29, 1.82) is 0 Å². The first-order valence-electron chi connectivity index (χ1n) is 10.4. The van der Waals surface area contributed by atoms with Crippen LogP contribution in [0.1, 0.15) is 11.6 Å². The van der Waals surface area contributed by atoms with Crippen LogP contribution >= 0.6 is 12.2 Å². The Morgan fingerprint density at radius 3 is 2.28 bits per heavy atom. The van der Waals surface area contributed by atoms with Crippen LogP contribution in [-0.2, 0) is 4.79 Å². The summed E-state index contributed by atoms with van der Waals surface area (Å²) in [6.07, 6.45) is 1.53. The molecular formula is C23H22N6O2S. The van der Waals surface area contributed by atoms with Crippen molar-refractivity contribution < 1.29 is 4.79 Å². The third kappa shape index (κ3) is 3.60. The van der Waals surface area contributed by atoms with Gasteiger partial charge in [0.1, 0.15) is 16.1 Å². The first-order valence-corrected chi connectivity index (χ1v) is 10.9. The van der Waals surface area contributed by atoms with E-state index in [0.29, 0.717) is 18.7 Å². The number of piperazine rings is 1. The van der Waals surface area contributed by atoms with Gasteiger partial charge in [0.05, 0.1) is 6.33 Å². The fourth-order valence-electron chi connectivity index (χ4n) is 4.18. The maximum atomic E-state index is 13.8. The van der Waals surface area contributed by atoms with E-state index in [-0.39, 0.29) is 21.5 Å². The molecule has 0 aliphatic carbocycles. The number of anilines is 1. The average Bonchev–Trinajstić information content (AvgIpc) is 3.23. The van der Waals surface area contributed by atoms with Gasteiger partial charge in [-0.05, 0) is 17.7 Å². The van der Waals surface area contributed by atoms with Crippen LogP contribution in [-0.4, -0.2) is 56.7 Å². The highest BCUT2D eigenvalue weighted by atomic mass is 32.1.